The van der Waals surface area contributed by atoms with E-state index < -0.39 is 0 Å². The van der Waals surface area contributed by atoms with E-state index in [9.17, 15) is 0 Å². The second-order valence-corrected chi connectivity index (χ2v) is 4.59. The molecule has 3 nitrogen and oxygen atoms in total. The maximum atomic E-state index is 4.50. The van der Waals surface area contributed by atoms with Crippen molar-refractivity contribution in [3.63, 3.8) is 0 Å². The third-order valence-electron chi connectivity index (χ3n) is 2.12. The van der Waals surface area contributed by atoms with Gasteiger partial charge in [0.1, 0.15) is 0 Å². The Bertz CT molecular complexity index is 510. The first-order chi connectivity index (χ1) is 7.75. The first-order valence-electron chi connectivity index (χ1n) is 5.00. The molecule has 4 heteroatoms. The van der Waals surface area contributed by atoms with Gasteiger partial charge in [0.15, 0.2) is 0 Å². The SMILES string of the molecule is C=C(Br)CNCc1cnc2ccccc2n1. The quantitative estimate of drug-likeness (QED) is 0.934. The number of nitrogens with zero attached hydrogens (tertiary/aromatic N) is 2. The van der Waals surface area contributed by atoms with Crippen LogP contribution in [0.15, 0.2) is 41.5 Å². The van der Waals surface area contributed by atoms with Crippen molar-refractivity contribution in [2.75, 3.05) is 6.54 Å². The van der Waals surface area contributed by atoms with Gasteiger partial charge in [-0.1, -0.05) is 34.6 Å². The van der Waals surface area contributed by atoms with Crippen molar-refractivity contribution in [2.24, 2.45) is 0 Å². The van der Waals surface area contributed by atoms with Crippen molar-refractivity contribution in [1.29, 1.82) is 0 Å². The summed E-state index contributed by atoms with van der Waals surface area (Å²) in [4.78, 5) is 8.84. The molecule has 1 N–H and O–H groups in total. The fraction of sp³-hybridized carbons (Fsp3) is 0.167. The van der Waals surface area contributed by atoms with Gasteiger partial charge in [0.05, 0.1) is 22.9 Å². The van der Waals surface area contributed by atoms with Gasteiger partial charge < -0.3 is 5.32 Å². The van der Waals surface area contributed by atoms with Crippen LogP contribution in [0.1, 0.15) is 5.69 Å². The summed E-state index contributed by atoms with van der Waals surface area (Å²) in [6.07, 6.45) is 1.80. The first kappa shape index (κ1) is 11.2. The molecule has 2 rings (SSSR count). The zero-order chi connectivity index (χ0) is 11.4. The second-order valence-electron chi connectivity index (χ2n) is 3.47. The highest BCUT2D eigenvalue weighted by Gasteiger charge is 1.98. The summed E-state index contributed by atoms with van der Waals surface area (Å²) in [6, 6.07) is 7.85. The van der Waals surface area contributed by atoms with Gasteiger partial charge in [-0.15, -0.1) is 0 Å². The fourth-order valence-electron chi connectivity index (χ4n) is 1.41. The lowest BCUT2D eigenvalue weighted by atomic mass is 10.3. The molecular formula is C12H12BrN3. The minimum absolute atomic E-state index is 0.697. The van der Waals surface area contributed by atoms with Gasteiger partial charge >= 0.3 is 0 Å². The third-order valence-corrected chi connectivity index (χ3v) is 2.40. The molecular weight excluding hydrogens is 266 g/mol. The van der Waals surface area contributed by atoms with E-state index in [1.54, 1.807) is 6.20 Å². The van der Waals surface area contributed by atoms with Gasteiger partial charge in [-0.05, 0) is 12.1 Å². The summed E-state index contributed by atoms with van der Waals surface area (Å²) >= 11 is 3.29. The molecule has 0 fully saturated rings. The molecule has 0 saturated heterocycles. The summed E-state index contributed by atoms with van der Waals surface area (Å²) in [5.74, 6) is 0. The van der Waals surface area contributed by atoms with E-state index in [1.807, 2.05) is 24.3 Å². The Kier molecular flexibility index (Phi) is 3.64. The van der Waals surface area contributed by atoms with Gasteiger partial charge in [-0.3, -0.25) is 4.98 Å². The fourth-order valence-corrected chi connectivity index (χ4v) is 1.61. The Morgan fingerprint density at radius 2 is 2.06 bits per heavy atom. The molecule has 2 aromatic rings. The lowest BCUT2D eigenvalue weighted by Crippen LogP contribution is -2.15. The minimum atomic E-state index is 0.697. The normalized spacial score (nSPS) is 10.6. The number of aromatic nitrogens is 2. The van der Waals surface area contributed by atoms with Crippen LogP contribution in [-0.4, -0.2) is 16.5 Å². The molecule has 0 saturated carbocycles. The van der Waals surface area contributed by atoms with E-state index >= 15 is 0 Å². The van der Waals surface area contributed by atoms with E-state index in [1.165, 1.54) is 0 Å². The van der Waals surface area contributed by atoms with Crippen LogP contribution in [-0.2, 0) is 6.54 Å². The Morgan fingerprint density at radius 1 is 1.31 bits per heavy atom. The Balaban J connectivity index is 2.10. The minimum Gasteiger partial charge on any atom is -0.306 e. The summed E-state index contributed by atoms with van der Waals surface area (Å²) in [5, 5.41) is 3.22. The van der Waals surface area contributed by atoms with Gasteiger partial charge in [0, 0.05) is 17.6 Å². The second kappa shape index (κ2) is 5.18. The van der Waals surface area contributed by atoms with Crippen LogP contribution < -0.4 is 5.32 Å². The molecule has 0 radical (unpaired) electrons. The van der Waals surface area contributed by atoms with Crippen LogP contribution in [0.25, 0.3) is 11.0 Å². The Hall–Kier alpha value is -1.26. The van der Waals surface area contributed by atoms with E-state index in [2.05, 4.69) is 37.8 Å². The molecule has 0 unspecified atom stereocenters. The lowest BCUT2D eigenvalue weighted by molar-refractivity contribution is 0.737. The van der Waals surface area contributed by atoms with E-state index in [4.69, 9.17) is 0 Å². The number of hydrogen-bond acceptors (Lipinski definition) is 3. The van der Waals surface area contributed by atoms with Crippen molar-refractivity contribution in [3.05, 3.63) is 47.2 Å². The number of benzene rings is 1. The zero-order valence-electron chi connectivity index (χ0n) is 8.78. The maximum Gasteiger partial charge on any atom is 0.0890 e. The molecule has 0 aliphatic rings. The highest BCUT2D eigenvalue weighted by molar-refractivity contribution is 9.11. The third kappa shape index (κ3) is 2.87. The number of fused-ring (bicyclic) bond motifs is 1. The van der Waals surface area contributed by atoms with Crippen molar-refractivity contribution in [3.8, 4) is 0 Å². The molecule has 1 aromatic carbocycles. The highest BCUT2D eigenvalue weighted by atomic mass is 79.9. The van der Waals surface area contributed by atoms with Crippen molar-refractivity contribution < 1.29 is 0 Å². The smallest absolute Gasteiger partial charge is 0.0890 e. The lowest BCUT2D eigenvalue weighted by Gasteiger charge is -2.03. The number of nitrogens with one attached hydrogen (secondary N) is 1. The number of para-hydroxylation sites is 2. The predicted octanol–water partition coefficient (Wildman–Crippen LogP) is 2.63. The molecule has 1 heterocycles. The molecule has 0 atom stereocenters. The maximum absolute atomic E-state index is 4.50. The van der Waals surface area contributed by atoms with Gasteiger partial charge in [-0.2, -0.15) is 0 Å². The topological polar surface area (TPSA) is 37.8 Å². The average molecular weight is 278 g/mol. The average Bonchev–Trinajstić information content (AvgIpc) is 2.28. The van der Waals surface area contributed by atoms with Crippen LogP contribution in [0.4, 0.5) is 0 Å². The van der Waals surface area contributed by atoms with Gasteiger partial charge in [0.25, 0.3) is 0 Å². The molecule has 0 aliphatic carbocycles. The molecule has 0 spiro atoms. The van der Waals surface area contributed by atoms with Crippen LogP contribution in [0, 0.1) is 0 Å². The monoisotopic (exact) mass is 277 g/mol. The predicted molar refractivity (Wildman–Crippen MR) is 69.3 cm³/mol. The largest absolute Gasteiger partial charge is 0.306 e. The molecule has 82 valence electrons. The Morgan fingerprint density at radius 3 is 2.81 bits per heavy atom. The zero-order valence-corrected chi connectivity index (χ0v) is 10.4. The number of rotatable bonds is 4. The Labute approximate surface area is 103 Å². The standard InChI is InChI=1S/C12H12BrN3/c1-9(13)6-14-7-10-8-15-11-4-2-3-5-12(11)16-10/h2-5,8,14H,1,6-7H2. The summed E-state index contributed by atoms with van der Waals surface area (Å²) < 4.78 is 0.932. The van der Waals surface area contributed by atoms with Gasteiger partial charge in [0.2, 0.25) is 0 Å². The number of halogens is 1. The van der Waals surface area contributed by atoms with Gasteiger partial charge in [-0.25, -0.2) is 4.98 Å². The van der Waals surface area contributed by atoms with Crippen LogP contribution >= 0.6 is 15.9 Å². The van der Waals surface area contributed by atoms with Crippen LogP contribution in [0.5, 0.6) is 0 Å². The van der Waals surface area contributed by atoms with E-state index in [0.717, 1.165) is 27.8 Å². The van der Waals surface area contributed by atoms with E-state index in [0.29, 0.717) is 6.54 Å². The molecule has 16 heavy (non-hydrogen) atoms. The molecule has 0 amide bonds. The highest BCUT2D eigenvalue weighted by Crippen LogP contribution is 2.08. The number of hydrogen-bond donors (Lipinski definition) is 1. The molecule has 0 aliphatic heterocycles. The molecule has 0 bridgehead atoms. The van der Waals surface area contributed by atoms with Crippen LogP contribution in [0.2, 0.25) is 0 Å². The summed E-state index contributed by atoms with van der Waals surface area (Å²) in [7, 11) is 0. The van der Waals surface area contributed by atoms with Crippen LogP contribution in [0.3, 0.4) is 0 Å². The molecule has 1 aromatic heterocycles. The van der Waals surface area contributed by atoms with Crippen molar-refractivity contribution in [1.82, 2.24) is 15.3 Å². The summed E-state index contributed by atoms with van der Waals surface area (Å²) in [5.41, 5.74) is 2.79. The first-order valence-corrected chi connectivity index (χ1v) is 5.79. The van der Waals surface area contributed by atoms with Crippen molar-refractivity contribution in [2.45, 2.75) is 6.54 Å². The van der Waals surface area contributed by atoms with Crippen molar-refractivity contribution >= 4 is 27.0 Å². The van der Waals surface area contributed by atoms with E-state index in [-0.39, 0.29) is 0 Å². The summed E-state index contributed by atoms with van der Waals surface area (Å²) in [6.45, 7) is 5.18.